The largest absolute Gasteiger partial charge is 0.345 e. The lowest BCUT2D eigenvalue weighted by molar-refractivity contribution is -0.141. The molecule has 7 heteroatoms. The zero-order valence-corrected chi connectivity index (χ0v) is 22.1. The van der Waals surface area contributed by atoms with Crippen molar-refractivity contribution in [2.24, 2.45) is 11.8 Å². The minimum absolute atomic E-state index is 0.0415. The molecule has 1 aliphatic heterocycles. The number of carbonyl (C=O) groups excluding carboxylic acids is 3. The summed E-state index contributed by atoms with van der Waals surface area (Å²) in [4.78, 5) is 41.2. The molecule has 4 rings (SSSR count). The Labute approximate surface area is 213 Å². The quantitative estimate of drug-likeness (QED) is 0.493. The van der Waals surface area contributed by atoms with Crippen molar-refractivity contribution < 1.29 is 18.8 Å². The lowest BCUT2D eigenvalue weighted by atomic mass is 9.76. The molecule has 0 spiro atoms. The van der Waals surface area contributed by atoms with Gasteiger partial charge in [-0.3, -0.25) is 14.4 Å². The Morgan fingerprint density at radius 2 is 1.83 bits per heavy atom. The summed E-state index contributed by atoms with van der Waals surface area (Å²) in [7, 11) is 1.78. The summed E-state index contributed by atoms with van der Waals surface area (Å²) in [6.07, 6.45) is 9.26. The second kappa shape index (κ2) is 11.2. The third kappa shape index (κ3) is 5.41. The number of aromatic nitrogens is 1. The van der Waals surface area contributed by atoms with Crippen LogP contribution >= 0.6 is 0 Å². The zero-order valence-electron chi connectivity index (χ0n) is 22.1. The van der Waals surface area contributed by atoms with Crippen molar-refractivity contribution in [3.8, 4) is 0 Å². The summed E-state index contributed by atoms with van der Waals surface area (Å²) in [5.41, 5.74) is 1.77. The number of nitrogens with one attached hydrogen (secondary N) is 1. The van der Waals surface area contributed by atoms with E-state index in [-0.39, 0.29) is 53.6 Å². The maximum atomic E-state index is 14.5. The van der Waals surface area contributed by atoms with Gasteiger partial charge in [0, 0.05) is 48.6 Å². The molecule has 0 radical (unpaired) electrons. The summed E-state index contributed by atoms with van der Waals surface area (Å²) in [6.45, 7) is 6.27. The van der Waals surface area contributed by atoms with Crippen molar-refractivity contribution in [1.29, 1.82) is 0 Å². The number of amides is 1. The molecule has 196 valence electrons. The topological polar surface area (TPSA) is 71.4 Å². The average Bonchev–Trinajstić information content (AvgIpc) is 3.47. The number of ketones is 2. The highest BCUT2D eigenvalue weighted by Gasteiger charge is 2.39. The summed E-state index contributed by atoms with van der Waals surface area (Å²) in [5.74, 6) is -0.223. The minimum atomic E-state index is -0.300. The van der Waals surface area contributed by atoms with Crippen molar-refractivity contribution in [3.05, 3.63) is 35.3 Å². The molecule has 2 aromatic rings. The predicted octanol–water partition coefficient (Wildman–Crippen LogP) is 5.05. The van der Waals surface area contributed by atoms with Crippen LogP contribution in [0.3, 0.4) is 0 Å². The Morgan fingerprint density at radius 3 is 2.50 bits per heavy atom. The van der Waals surface area contributed by atoms with E-state index >= 15 is 0 Å². The predicted molar refractivity (Wildman–Crippen MR) is 140 cm³/mol. The van der Waals surface area contributed by atoms with Gasteiger partial charge in [-0.15, -0.1) is 0 Å². The molecule has 2 aliphatic rings. The number of rotatable bonds is 9. The van der Waals surface area contributed by atoms with Crippen molar-refractivity contribution in [3.63, 3.8) is 0 Å². The number of carbonyl (C=O) groups is 3. The van der Waals surface area contributed by atoms with Crippen molar-refractivity contribution in [2.45, 2.75) is 90.8 Å². The lowest BCUT2D eigenvalue weighted by Crippen LogP contribution is -2.45. The molecule has 1 saturated heterocycles. The highest BCUT2D eigenvalue weighted by atomic mass is 19.1. The van der Waals surface area contributed by atoms with Gasteiger partial charge in [0.25, 0.3) is 0 Å². The fourth-order valence-electron chi connectivity index (χ4n) is 6.15. The second-order valence-electron chi connectivity index (χ2n) is 10.9. The first kappa shape index (κ1) is 26.5. The number of fused-ring (bicyclic) bond motifs is 1. The summed E-state index contributed by atoms with van der Waals surface area (Å²) < 4.78 is 16.4. The van der Waals surface area contributed by atoms with E-state index in [1.807, 2.05) is 22.6 Å². The fraction of sp³-hybridized carbons (Fsp3) is 0.621. The fourth-order valence-corrected chi connectivity index (χ4v) is 6.15. The van der Waals surface area contributed by atoms with Crippen molar-refractivity contribution in [1.82, 2.24) is 14.8 Å². The SMILES string of the molecule is CNC(C)C(=O)CC(C(=O)N1CCCC1Cn1cc(C(C)=O)c2cc(C)c(F)cc21)C1CCCCC1. The highest BCUT2D eigenvalue weighted by Crippen LogP contribution is 2.35. The number of hydrogen-bond donors (Lipinski definition) is 1. The number of Topliss-reactive ketones (excluding diaryl/α,β-unsaturated/α-hetero) is 2. The molecule has 1 aromatic heterocycles. The Hall–Kier alpha value is -2.54. The van der Waals surface area contributed by atoms with E-state index in [9.17, 15) is 18.8 Å². The maximum Gasteiger partial charge on any atom is 0.226 e. The molecule has 1 saturated carbocycles. The van der Waals surface area contributed by atoms with Crippen LogP contribution in [0.25, 0.3) is 10.9 Å². The molecule has 1 aromatic carbocycles. The number of likely N-dealkylation sites (N-methyl/N-ethyl adjacent to an activating group) is 1. The van der Waals surface area contributed by atoms with Gasteiger partial charge in [-0.1, -0.05) is 19.3 Å². The van der Waals surface area contributed by atoms with E-state index in [1.165, 1.54) is 19.4 Å². The second-order valence-corrected chi connectivity index (χ2v) is 10.9. The van der Waals surface area contributed by atoms with Gasteiger partial charge in [0.1, 0.15) is 11.6 Å². The van der Waals surface area contributed by atoms with Gasteiger partial charge in [0.05, 0.1) is 11.6 Å². The van der Waals surface area contributed by atoms with E-state index < -0.39 is 0 Å². The smallest absolute Gasteiger partial charge is 0.226 e. The van der Waals surface area contributed by atoms with Crippen molar-refractivity contribution >= 4 is 28.4 Å². The monoisotopic (exact) mass is 497 g/mol. The number of halogens is 1. The van der Waals surface area contributed by atoms with Crippen LogP contribution in [0.4, 0.5) is 4.39 Å². The van der Waals surface area contributed by atoms with Crippen LogP contribution in [0, 0.1) is 24.6 Å². The Balaban J connectivity index is 1.60. The van der Waals surface area contributed by atoms with Gasteiger partial charge in [-0.25, -0.2) is 4.39 Å². The Bertz CT molecular complexity index is 1130. The van der Waals surface area contributed by atoms with Gasteiger partial charge in [-0.05, 0) is 77.1 Å². The number of benzene rings is 1. The van der Waals surface area contributed by atoms with Gasteiger partial charge in [-0.2, -0.15) is 0 Å². The average molecular weight is 498 g/mol. The molecule has 36 heavy (non-hydrogen) atoms. The molecule has 1 N–H and O–H groups in total. The third-order valence-corrected chi connectivity index (χ3v) is 8.48. The lowest BCUT2D eigenvalue weighted by Gasteiger charge is -2.35. The molecule has 2 fully saturated rings. The van der Waals surface area contributed by atoms with E-state index in [2.05, 4.69) is 5.32 Å². The highest BCUT2D eigenvalue weighted by molar-refractivity contribution is 6.07. The first-order chi connectivity index (χ1) is 17.2. The molecule has 3 unspecified atom stereocenters. The number of nitrogens with zero attached hydrogens (tertiary/aromatic N) is 2. The van der Waals surface area contributed by atoms with Gasteiger partial charge >= 0.3 is 0 Å². The van der Waals surface area contributed by atoms with Crippen LogP contribution in [0.1, 0.15) is 81.1 Å². The van der Waals surface area contributed by atoms with E-state index in [0.29, 0.717) is 29.7 Å². The van der Waals surface area contributed by atoms with Crippen LogP contribution in [0.15, 0.2) is 18.3 Å². The normalized spacial score (nSPS) is 20.6. The van der Waals surface area contributed by atoms with Crippen LogP contribution in [-0.4, -0.2) is 52.6 Å². The molecular formula is C29H40FN3O3. The number of likely N-dealkylation sites (tertiary alicyclic amines) is 1. The summed E-state index contributed by atoms with van der Waals surface area (Å²) in [5, 5.41) is 3.78. The van der Waals surface area contributed by atoms with Gasteiger partial charge in [0.15, 0.2) is 5.78 Å². The maximum absolute atomic E-state index is 14.5. The van der Waals surface area contributed by atoms with Gasteiger partial charge in [0.2, 0.25) is 5.91 Å². The molecule has 1 amide bonds. The minimum Gasteiger partial charge on any atom is -0.345 e. The summed E-state index contributed by atoms with van der Waals surface area (Å²) in [6, 6.07) is 2.93. The van der Waals surface area contributed by atoms with E-state index in [1.54, 1.807) is 20.0 Å². The van der Waals surface area contributed by atoms with Crippen molar-refractivity contribution in [2.75, 3.05) is 13.6 Å². The molecule has 6 nitrogen and oxygen atoms in total. The number of hydrogen-bond acceptors (Lipinski definition) is 4. The van der Waals surface area contributed by atoms with E-state index in [4.69, 9.17) is 0 Å². The molecule has 3 atom stereocenters. The zero-order chi connectivity index (χ0) is 26.0. The number of aryl methyl sites for hydroxylation is 1. The van der Waals surface area contributed by atoms with Gasteiger partial charge < -0.3 is 14.8 Å². The standard InChI is InChI=1S/C29H40FN3O3/c1-18-13-24-25(20(3)34)17-32(27(24)15-26(18)30)16-22-11-8-12-33(22)29(36)23(14-28(35)19(2)31-4)21-9-6-5-7-10-21/h13,15,17,19,21-23,31H,5-12,14,16H2,1-4H3. The summed E-state index contributed by atoms with van der Waals surface area (Å²) >= 11 is 0. The van der Waals surface area contributed by atoms with Crippen LogP contribution < -0.4 is 5.32 Å². The van der Waals surface area contributed by atoms with E-state index in [0.717, 1.165) is 43.9 Å². The first-order valence-electron chi connectivity index (χ1n) is 13.5. The third-order valence-electron chi connectivity index (χ3n) is 8.48. The molecule has 2 heterocycles. The Morgan fingerprint density at radius 1 is 1.11 bits per heavy atom. The van der Waals surface area contributed by atoms with Crippen LogP contribution in [0.5, 0.6) is 0 Å². The first-order valence-corrected chi connectivity index (χ1v) is 13.5. The van der Waals surface area contributed by atoms with Crippen LogP contribution in [0.2, 0.25) is 0 Å². The molecule has 1 aliphatic carbocycles. The molecule has 0 bridgehead atoms. The molecular weight excluding hydrogens is 457 g/mol. The Kier molecular flexibility index (Phi) is 8.28. The van der Waals surface area contributed by atoms with Crippen LogP contribution in [-0.2, 0) is 16.1 Å².